The maximum absolute atomic E-state index is 9.64. The number of aliphatic hydroxyl groups is 1. The predicted molar refractivity (Wildman–Crippen MR) is 55.0 cm³/mol. The van der Waals surface area contributed by atoms with E-state index < -0.39 is 0 Å². The van der Waals surface area contributed by atoms with Crippen LogP contribution in [-0.2, 0) is 4.74 Å². The molecule has 1 atom stereocenters. The van der Waals surface area contributed by atoms with Gasteiger partial charge in [0.2, 0.25) is 0 Å². The SMILES string of the molecule is CCCOCCC(O)c1ccsc1. The fraction of sp³-hybridized carbons (Fsp3) is 0.600. The Bertz CT molecular complexity index is 209. The average molecular weight is 200 g/mol. The van der Waals surface area contributed by atoms with Crippen molar-refractivity contribution in [2.75, 3.05) is 13.2 Å². The second-order valence-corrected chi connectivity index (χ2v) is 3.75. The van der Waals surface area contributed by atoms with Gasteiger partial charge in [-0.15, -0.1) is 0 Å². The molecule has 0 bridgehead atoms. The summed E-state index contributed by atoms with van der Waals surface area (Å²) >= 11 is 1.61. The summed E-state index contributed by atoms with van der Waals surface area (Å²) in [6.45, 7) is 3.51. The van der Waals surface area contributed by atoms with Crippen LogP contribution in [0.2, 0.25) is 0 Å². The van der Waals surface area contributed by atoms with E-state index in [9.17, 15) is 5.11 Å². The Kier molecular flexibility index (Phi) is 5.05. The number of rotatable bonds is 6. The quantitative estimate of drug-likeness (QED) is 0.715. The van der Waals surface area contributed by atoms with Crippen LogP contribution in [-0.4, -0.2) is 18.3 Å². The molecule has 0 aliphatic heterocycles. The second-order valence-electron chi connectivity index (χ2n) is 2.97. The van der Waals surface area contributed by atoms with E-state index in [4.69, 9.17) is 4.74 Å². The van der Waals surface area contributed by atoms with Crippen molar-refractivity contribution in [3.05, 3.63) is 22.4 Å². The van der Waals surface area contributed by atoms with Gasteiger partial charge in [-0.2, -0.15) is 11.3 Å². The Morgan fingerprint density at radius 1 is 1.54 bits per heavy atom. The van der Waals surface area contributed by atoms with Crippen molar-refractivity contribution in [2.24, 2.45) is 0 Å². The van der Waals surface area contributed by atoms with Crippen LogP contribution in [0.15, 0.2) is 16.8 Å². The van der Waals surface area contributed by atoms with Gasteiger partial charge in [0.05, 0.1) is 6.10 Å². The van der Waals surface area contributed by atoms with Crippen molar-refractivity contribution in [1.29, 1.82) is 0 Å². The van der Waals surface area contributed by atoms with E-state index in [1.807, 2.05) is 16.8 Å². The highest BCUT2D eigenvalue weighted by atomic mass is 32.1. The van der Waals surface area contributed by atoms with E-state index in [1.54, 1.807) is 11.3 Å². The highest BCUT2D eigenvalue weighted by Crippen LogP contribution is 2.18. The lowest BCUT2D eigenvalue weighted by molar-refractivity contribution is 0.0824. The van der Waals surface area contributed by atoms with Crippen molar-refractivity contribution in [1.82, 2.24) is 0 Å². The lowest BCUT2D eigenvalue weighted by Gasteiger charge is -2.08. The summed E-state index contributed by atoms with van der Waals surface area (Å²) in [6, 6.07) is 1.95. The minimum atomic E-state index is -0.358. The van der Waals surface area contributed by atoms with Crippen molar-refractivity contribution in [3.8, 4) is 0 Å². The normalized spacial score (nSPS) is 13.1. The molecular formula is C10H16O2S. The third kappa shape index (κ3) is 3.89. The number of thiophene rings is 1. The highest BCUT2D eigenvalue weighted by Gasteiger charge is 2.06. The van der Waals surface area contributed by atoms with Crippen LogP contribution in [0.3, 0.4) is 0 Å². The second kappa shape index (κ2) is 6.13. The summed E-state index contributed by atoms with van der Waals surface area (Å²) in [6.07, 6.45) is 1.37. The molecule has 0 aromatic carbocycles. The van der Waals surface area contributed by atoms with Crippen LogP contribution < -0.4 is 0 Å². The van der Waals surface area contributed by atoms with E-state index in [2.05, 4.69) is 6.92 Å². The number of hydrogen-bond acceptors (Lipinski definition) is 3. The van der Waals surface area contributed by atoms with Gasteiger partial charge in [-0.1, -0.05) is 6.92 Å². The Morgan fingerprint density at radius 3 is 3.00 bits per heavy atom. The molecule has 1 aromatic rings. The lowest BCUT2D eigenvalue weighted by Crippen LogP contribution is -2.02. The summed E-state index contributed by atoms with van der Waals surface area (Å²) in [4.78, 5) is 0. The molecule has 0 aliphatic carbocycles. The van der Waals surface area contributed by atoms with E-state index in [0.29, 0.717) is 13.0 Å². The molecule has 0 radical (unpaired) electrons. The molecule has 1 heterocycles. The Balaban J connectivity index is 2.15. The third-order valence-corrected chi connectivity index (χ3v) is 2.51. The summed E-state index contributed by atoms with van der Waals surface area (Å²) in [5.74, 6) is 0. The van der Waals surface area contributed by atoms with Gasteiger partial charge in [-0.3, -0.25) is 0 Å². The Hall–Kier alpha value is -0.380. The smallest absolute Gasteiger partial charge is 0.0820 e. The van der Waals surface area contributed by atoms with Gasteiger partial charge in [0.25, 0.3) is 0 Å². The van der Waals surface area contributed by atoms with Gasteiger partial charge >= 0.3 is 0 Å². The lowest BCUT2D eigenvalue weighted by atomic mass is 10.1. The number of hydrogen-bond donors (Lipinski definition) is 1. The molecule has 0 fully saturated rings. The van der Waals surface area contributed by atoms with E-state index in [1.165, 1.54) is 0 Å². The highest BCUT2D eigenvalue weighted by molar-refractivity contribution is 7.07. The van der Waals surface area contributed by atoms with Gasteiger partial charge in [0.15, 0.2) is 0 Å². The molecular weight excluding hydrogens is 184 g/mol. The van der Waals surface area contributed by atoms with Crippen LogP contribution in [0.4, 0.5) is 0 Å². The van der Waals surface area contributed by atoms with Crippen molar-refractivity contribution >= 4 is 11.3 Å². The first-order valence-electron chi connectivity index (χ1n) is 4.62. The molecule has 0 spiro atoms. The molecule has 3 heteroatoms. The summed E-state index contributed by atoms with van der Waals surface area (Å²) in [5, 5.41) is 13.6. The zero-order valence-electron chi connectivity index (χ0n) is 7.90. The molecule has 1 rings (SSSR count). The summed E-state index contributed by atoms with van der Waals surface area (Å²) in [7, 11) is 0. The summed E-state index contributed by atoms with van der Waals surface area (Å²) < 4.78 is 5.29. The zero-order chi connectivity index (χ0) is 9.52. The molecule has 1 unspecified atom stereocenters. The van der Waals surface area contributed by atoms with Gasteiger partial charge < -0.3 is 9.84 Å². The topological polar surface area (TPSA) is 29.5 Å². The molecule has 0 amide bonds. The van der Waals surface area contributed by atoms with E-state index in [-0.39, 0.29) is 6.10 Å². The van der Waals surface area contributed by atoms with Crippen molar-refractivity contribution in [2.45, 2.75) is 25.9 Å². The Labute approximate surface area is 83.2 Å². The maximum Gasteiger partial charge on any atom is 0.0820 e. The molecule has 0 saturated heterocycles. The largest absolute Gasteiger partial charge is 0.388 e. The first kappa shape index (κ1) is 10.7. The molecule has 1 aromatic heterocycles. The van der Waals surface area contributed by atoms with Crippen LogP contribution >= 0.6 is 11.3 Å². The third-order valence-electron chi connectivity index (χ3n) is 1.81. The van der Waals surface area contributed by atoms with E-state index in [0.717, 1.165) is 18.6 Å². The minimum Gasteiger partial charge on any atom is -0.388 e. The number of ether oxygens (including phenoxy) is 1. The molecule has 74 valence electrons. The maximum atomic E-state index is 9.64. The van der Waals surface area contributed by atoms with E-state index >= 15 is 0 Å². The monoisotopic (exact) mass is 200 g/mol. The molecule has 0 aliphatic rings. The Morgan fingerprint density at radius 2 is 2.38 bits per heavy atom. The molecule has 1 N–H and O–H groups in total. The fourth-order valence-electron chi connectivity index (χ4n) is 1.07. The zero-order valence-corrected chi connectivity index (χ0v) is 8.72. The number of aliphatic hydroxyl groups excluding tert-OH is 1. The fourth-order valence-corrected chi connectivity index (χ4v) is 1.78. The average Bonchev–Trinajstić information content (AvgIpc) is 2.65. The van der Waals surface area contributed by atoms with Gasteiger partial charge in [0.1, 0.15) is 0 Å². The van der Waals surface area contributed by atoms with Crippen LogP contribution in [0.5, 0.6) is 0 Å². The minimum absolute atomic E-state index is 0.358. The van der Waals surface area contributed by atoms with Crippen LogP contribution in [0, 0.1) is 0 Å². The molecule has 2 nitrogen and oxygen atoms in total. The summed E-state index contributed by atoms with van der Waals surface area (Å²) in [5.41, 5.74) is 1.00. The van der Waals surface area contributed by atoms with Crippen molar-refractivity contribution in [3.63, 3.8) is 0 Å². The van der Waals surface area contributed by atoms with Gasteiger partial charge in [0, 0.05) is 19.6 Å². The van der Waals surface area contributed by atoms with Crippen LogP contribution in [0.25, 0.3) is 0 Å². The van der Waals surface area contributed by atoms with Gasteiger partial charge in [-0.05, 0) is 28.8 Å². The standard InChI is InChI=1S/C10H16O2S/c1-2-5-12-6-3-10(11)9-4-7-13-8-9/h4,7-8,10-11H,2-3,5-6H2,1H3. The molecule has 0 saturated carbocycles. The van der Waals surface area contributed by atoms with Crippen LogP contribution in [0.1, 0.15) is 31.4 Å². The first-order valence-corrected chi connectivity index (χ1v) is 5.56. The van der Waals surface area contributed by atoms with Gasteiger partial charge in [-0.25, -0.2) is 0 Å². The van der Waals surface area contributed by atoms with Crippen molar-refractivity contribution < 1.29 is 9.84 Å². The first-order chi connectivity index (χ1) is 6.34. The molecule has 13 heavy (non-hydrogen) atoms. The predicted octanol–water partition coefficient (Wildman–Crippen LogP) is 2.60.